The van der Waals surface area contributed by atoms with E-state index in [0.717, 1.165) is 27.0 Å². The van der Waals surface area contributed by atoms with Gasteiger partial charge in [0.1, 0.15) is 25.2 Å². The number of halogens is 1. The van der Waals surface area contributed by atoms with E-state index in [2.05, 4.69) is 26.6 Å². The van der Waals surface area contributed by atoms with E-state index in [4.69, 9.17) is 14.5 Å². The molecule has 70 heavy (non-hydrogen) atoms. The van der Waals surface area contributed by atoms with E-state index in [-0.39, 0.29) is 81.3 Å². The summed E-state index contributed by atoms with van der Waals surface area (Å²) in [5, 5.41) is 23.8. The molecular formula is C49H53FN8O12. The van der Waals surface area contributed by atoms with Crippen molar-refractivity contribution in [3.8, 4) is 11.4 Å². The van der Waals surface area contributed by atoms with Gasteiger partial charge in [0.15, 0.2) is 6.10 Å². The van der Waals surface area contributed by atoms with Gasteiger partial charge in [0, 0.05) is 60.7 Å². The third kappa shape index (κ3) is 12.3. The number of nitrogens with one attached hydrogen (secondary N) is 5. The standard InChI is InChI=1S/C49H53FN8O12/c1-28-18-31-30(33-25-58-38(45(33)56-36(31)21-35(28)50)20-32-34(48(58)67)26-70-49(68)46(32)65)12-7-9-17-69-27-54-41(61)23-53-47(66)37(19-29-10-4-2-5-11-29)55-42(62)24-52-40(60)22-51-39(59)13-6-3-8-16-57-43(63)14-15-44(57)64/h2,4-5,10-11,14-15,18,20-21,37,46,65H,3,6-9,12-13,16-17,19,22-27H2,1H3,(H,51,59)(H,52,60)(H,53,66)(H,54,61)(H,55,62). The number of imide groups is 1. The molecular weight excluding hydrogens is 912 g/mol. The van der Waals surface area contributed by atoms with Gasteiger partial charge in [0.25, 0.3) is 17.4 Å². The number of nitrogens with zero attached hydrogens (tertiary/aromatic N) is 3. The van der Waals surface area contributed by atoms with Gasteiger partial charge in [-0.1, -0.05) is 36.8 Å². The number of fused-ring (bicyclic) bond motifs is 5. The summed E-state index contributed by atoms with van der Waals surface area (Å²) < 4.78 is 27.0. The number of aliphatic hydroxyl groups is 1. The Morgan fingerprint density at radius 2 is 1.56 bits per heavy atom. The van der Waals surface area contributed by atoms with Crippen LogP contribution < -0.4 is 32.1 Å². The Balaban J connectivity index is 0.826. The minimum absolute atomic E-state index is 0.0817. The minimum atomic E-state index is -1.61. The van der Waals surface area contributed by atoms with Crippen molar-refractivity contribution in [1.82, 2.24) is 41.0 Å². The van der Waals surface area contributed by atoms with Crippen molar-refractivity contribution in [2.24, 2.45) is 0 Å². The first-order chi connectivity index (χ1) is 33.7. The molecule has 0 spiro atoms. The number of amides is 7. The summed E-state index contributed by atoms with van der Waals surface area (Å²) in [6, 6.07) is 12.4. The SMILES string of the molecule is Cc1cc2c(CCCCOCNC(=O)CNC(=O)C(Cc3ccccc3)NC(=O)CNC(=O)CNC(=O)CCCCCN3C(=O)C=CC3=O)c3c(nc2cc1F)-c1cc2c(c(=O)n1C3)COC(=O)C2O. The van der Waals surface area contributed by atoms with E-state index in [1.807, 2.05) is 0 Å². The van der Waals surface area contributed by atoms with Crippen molar-refractivity contribution < 1.29 is 57.3 Å². The van der Waals surface area contributed by atoms with Crippen molar-refractivity contribution in [2.45, 2.75) is 83.6 Å². The molecule has 21 heteroatoms. The summed E-state index contributed by atoms with van der Waals surface area (Å²) in [6.07, 6.45) is 4.29. The number of rotatable bonds is 23. The number of esters is 1. The number of pyridine rings is 2. The van der Waals surface area contributed by atoms with Crippen molar-refractivity contribution in [3.63, 3.8) is 0 Å². The topological polar surface area (TPSA) is 274 Å². The van der Waals surface area contributed by atoms with Crippen LogP contribution in [0.2, 0.25) is 0 Å². The van der Waals surface area contributed by atoms with Crippen molar-refractivity contribution in [3.05, 3.63) is 110 Å². The zero-order valence-electron chi connectivity index (χ0n) is 38.4. The Bertz CT molecular complexity index is 2800. The fraction of sp³-hybridized carbons (Fsp3) is 0.388. The largest absolute Gasteiger partial charge is 0.458 e. The molecule has 20 nitrogen and oxygen atoms in total. The van der Waals surface area contributed by atoms with Crippen molar-refractivity contribution in [1.29, 1.82) is 0 Å². The predicted octanol–water partition coefficient (Wildman–Crippen LogP) is 0.937. The molecule has 3 aliphatic heterocycles. The number of benzene rings is 2. The maximum absolute atomic E-state index is 14.8. The number of aromatic nitrogens is 2. The molecule has 4 aromatic rings. The number of hydrogen-bond donors (Lipinski definition) is 6. The van der Waals surface area contributed by atoms with Crippen LogP contribution in [-0.4, -0.2) is 112 Å². The van der Waals surface area contributed by atoms with Crippen LogP contribution in [-0.2, 0) is 73.8 Å². The molecule has 0 saturated carbocycles. The van der Waals surface area contributed by atoms with E-state index in [0.29, 0.717) is 61.0 Å². The Kier molecular flexibility index (Phi) is 16.6. The summed E-state index contributed by atoms with van der Waals surface area (Å²) in [4.78, 5) is 118. The normalized spacial score (nSPS) is 14.9. The van der Waals surface area contributed by atoms with Gasteiger partial charge in [-0.15, -0.1) is 0 Å². The quantitative estimate of drug-likeness (QED) is 0.0231. The summed E-state index contributed by atoms with van der Waals surface area (Å²) >= 11 is 0. The highest BCUT2D eigenvalue weighted by molar-refractivity contribution is 6.12. The van der Waals surface area contributed by atoms with Crippen LogP contribution in [0, 0.1) is 12.7 Å². The molecule has 0 radical (unpaired) electrons. The number of carbonyl (C=O) groups excluding carboxylic acids is 8. The first-order valence-electron chi connectivity index (χ1n) is 22.9. The fourth-order valence-corrected chi connectivity index (χ4v) is 8.38. The second kappa shape index (κ2) is 23.1. The average molecular weight is 965 g/mol. The van der Waals surface area contributed by atoms with E-state index >= 15 is 0 Å². The predicted molar refractivity (Wildman–Crippen MR) is 247 cm³/mol. The van der Waals surface area contributed by atoms with Crippen LogP contribution in [0.1, 0.15) is 78.0 Å². The fourth-order valence-electron chi connectivity index (χ4n) is 8.38. The molecule has 0 bridgehead atoms. The lowest BCUT2D eigenvalue weighted by Gasteiger charge is -2.21. The Morgan fingerprint density at radius 1 is 0.843 bits per heavy atom. The number of hydrogen-bond acceptors (Lipinski definition) is 13. The number of carbonyl (C=O) groups is 8. The van der Waals surface area contributed by atoms with Gasteiger partial charge in [-0.05, 0) is 67.9 Å². The zero-order chi connectivity index (χ0) is 49.9. The van der Waals surface area contributed by atoms with Crippen molar-refractivity contribution in [2.75, 3.05) is 39.5 Å². The van der Waals surface area contributed by atoms with E-state index in [1.165, 1.54) is 22.8 Å². The molecule has 368 valence electrons. The monoisotopic (exact) mass is 964 g/mol. The third-order valence-electron chi connectivity index (χ3n) is 12.1. The lowest BCUT2D eigenvalue weighted by molar-refractivity contribution is -0.157. The molecule has 0 aliphatic carbocycles. The molecule has 0 saturated heterocycles. The lowest BCUT2D eigenvalue weighted by atomic mass is 9.94. The number of aryl methyl sites for hydroxylation is 2. The van der Waals surface area contributed by atoms with Crippen LogP contribution in [0.5, 0.6) is 0 Å². The van der Waals surface area contributed by atoms with Gasteiger partial charge in [0.2, 0.25) is 29.5 Å². The van der Waals surface area contributed by atoms with E-state index < -0.39 is 66.2 Å². The van der Waals surface area contributed by atoms with Crippen LogP contribution in [0.4, 0.5) is 4.39 Å². The van der Waals surface area contributed by atoms with Crippen LogP contribution in [0.15, 0.2) is 65.5 Å². The first kappa shape index (κ1) is 50.2. The molecule has 7 rings (SSSR count). The molecule has 2 aromatic heterocycles. The summed E-state index contributed by atoms with van der Waals surface area (Å²) in [5.74, 6) is -4.91. The second-order valence-electron chi connectivity index (χ2n) is 17.1. The first-order valence-corrected chi connectivity index (χ1v) is 22.9. The molecule has 0 fully saturated rings. The Labute approximate surface area is 400 Å². The summed E-state index contributed by atoms with van der Waals surface area (Å²) in [7, 11) is 0. The highest BCUT2D eigenvalue weighted by Gasteiger charge is 2.35. The lowest BCUT2D eigenvalue weighted by Crippen LogP contribution is -2.52. The molecule has 7 amide bonds. The molecule has 6 N–H and O–H groups in total. The zero-order valence-corrected chi connectivity index (χ0v) is 38.4. The van der Waals surface area contributed by atoms with Gasteiger partial charge in [-0.25, -0.2) is 14.2 Å². The smallest absolute Gasteiger partial charge is 0.340 e. The Morgan fingerprint density at radius 3 is 2.33 bits per heavy atom. The van der Waals surface area contributed by atoms with Crippen LogP contribution in [0.25, 0.3) is 22.3 Å². The minimum Gasteiger partial charge on any atom is -0.458 e. The highest BCUT2D eigenvalue weighted by atomic mass is 19.1. The highest BCUT2D eigenvalue weighted by Crippen LogP contribution is 2.39. The molecule has 2 unspecified atom stereocenters. The molecule has 2 aromatic carbocycles. The number of cyclic esters (lactones) is 1. The maximum atomic E-state index is 14.8. The summed E-state index contributed by atoms with van der Waals surface area (Å²) in [6.45, 7) is 0.651. The molecule has 3 aliphatic rings. The van der Waals surface area contributed by atoms with E-state index in [1.54, 1.807) is 49.4 Å². The number of ether oxygens (including phenoxy) is 2. The maximum Gasteiger partial charge on any atom is 0.340 e. The third-order valence-corrected chi connectivity index (χ3v) is 12.1. The van der Waals surface area contributed by atoms with Crippen molar-refractivity contribution >= 4 is 58.2 Å². The Hall–Kier alpha value is -7.65. The second-order valence-corrected chi connectivity index (χ2v) is 17.1. The van der Waals surface area contributed by atoms with Crippen LogP contribution in [0.3, 0.4) is 0 Å². The van der Waals surface area contributed by atoms with Gasteiger partial charge in [-0.2, -0.15) is 0 Å². The molecule has 2 atom stereocenters. The summed E-state index contributed by atoms with van der Waals surface area (Å²) in [5.41, 5.74) is 4.04. The molecule has 5 heterocycles. The van der Waals surface area contributed by atoms with Gasteiger partial charge >= 0.3 is 5.97 Å². The number of unbranched alkanes of at least 4 members (excludes halogenated alkanes) is 3. The van der Waals surface area contributed by atoms with Gasteiger partial charge in [0.05, 0.1) is 48.6 Å². The average Bonchev–Trinajstić information content (AvgIpc) is 3.87. The van der Waals surface area contributed by atoms with Crippen LogP contribution >= 0.6 is 0 Å². The van der Waals surface area contributed by atoms with Gasteiger partial charge < -0.3 is 45.7 Å². The van der Waals surface area contributed by atoms with E-state index in [9.17, 15) is 52.6 Å². The van der Waals surface area contributed by atoms with Gasteiger partial charge in [-0.3, -0.25) is 43.3 Å². The number of aliphatic hydroxyl groups excluding tert-OH is 1.